The zero-order valence-corrected chi connectivity index (χ0v) is 15.7. The van der Waals surface area contributed by atoms with E-state index in [1.165, 1.54) is 12.8 Å². The molecule has 1 heterocycles. The van der Waals surface area contributed by atoms with Crippen LogP contribution in [0.5, 0.6) is 5.75 Å². The van der Waals surface area contributed by atoms with E-state index in [1.54, 1.807) is 17.8 Å². The molecule has 1 aromatic heterocycles. The number of carbonyl (C=O) groups excluding carboxylic acids is 1. The molecule has 0 spiro atoms. The Bertz CT molecular complexity index is 692. The van der Waals surface area contributed by atoms with Gasteiger partial charge >= 0.3 is 0 Å². The Hall–Kier alpha value is -2.30. The van der Waals surface area contributed by atoms with Gasteiger partial charge in [-0.05, 0) is 49.4 Å². The van der Waals surface area contributed by atoms with Crippen molar-refractivity contribution in [2.45, 2.75) is 46.6 Å². The summed E-state index contributed by atoms with van der Waals surface area (Å²) < 4.78 is 7.41. The van der Waals surface area contributed by atoms with Gasteiger partial charge in [-0.3, -0.25) is 9.48 Å². The van der Waals surface area contributed by atoms with E-state index in [9.17, 15) is 4.79 Å². The van der Waals surface area contributed by atoms with Crippen molar-refractivity contribution in [2.75, 3.05) is 6.61 Å². The number of amides is 1. The molecule has 5 nitrogen and oxygen atoms in total. The number of aryl methyl sites for hydroxylation is 2. The number of rotatable bonds is 9. The van der Waals surface area contributed by atoms with Crippen molar-refractivity contribution < 1.29 is 9.53 Å². The van der Waals surface area contributed by atoms with Crippen LogP contribution in [0.2, 0.25) is 0 Å². The smallest absolute Gasteiger partial charge is 0.269 e. The predicted molar refractivity (Wildman–Crippen MR) is 99.7 cm³/mol. The number of aromatic nitrogens is 2. The highest BCUT2D eigenvalue weighted by Gasteiger charge is 2.11. The van der Waals surface area contributed by atoms with Crippen molar-refractivity contribution in [2.24, 2.45) is 13.0 Å². The van der Waals surface area contributed by atoms with Crippen LogP contribution in [0.3, 0.4) is 0 Å². The molecule has 0 aliphatic carbocycles. The van der Waals surface area contributed by atoms with E-state index in [2.05, 4.69) is 24.3 Å². The second-order valence-corrected chi connectivity index (χ2v) is 6.86. The number of benzene rings is 1. The second kappa shape index (κ2) is 9.25. The number of nitrogens with zero attached hydrogens (tertiary/aromatic N) is 2. The molecule has 0 saturated heterocycles. The summed E-state index contributed by atoms with van der Waals surface area (Å²) in [6.45, 7) is 7.56. The summed E-state index contributed by atoms with van der Waals surface area (Å²) in [4.78, 5) is 12.2. The molecule has 0 unspecified atom stereocenters. The monoisotopic (exact) mass is 343 g/mol. The van der Waals surface area contributed by atoms with Crippen LogP contribution in [0.25, 0.3) is 0 Å². The summed E-state index contributed by atoms with van der Waals surface area (Å²) in [7, 11) is 1.77. The number of carbonyl (C=O) groups is 1. The summed E-state index contributed by atoms with van der Waals surface area (Å²) in [5, 5.41) is 7.13. The predicted octanol–water partition coefficient (Wildman–Crippen LogP) is 3.86. The molecule has 0 saturated carbocycles. The molecule has 136 valence electrons. The SMILES string of the molecule is Cc1cc(C(=O)NCc2cccc(OCCCCC(C)C)c2)n(C)n1. The topological polar surface area (TPSA) is 56.1 Å². The van der Waals surface area contributed by atoms with Gasteiger partial charge < -0.3 is 10.1 Å². The third kappa shape index (κ3) is 6.25. The molecule has 0 bridgehead atoms. The van der Waals surface area contributed by atoms with Crippen LogP contribution in [0.15, 0.2) is 30.3 Å². The van der Waals surface area contributed by atoms with E-state index in [0.29, 0.717) is 12.2 Å². The molecule has 2 rings (SSSR count). The molecular formula is C20H29N3O2. The van der Waals surface area contributed by atoms with Gasteiger partial charge in [0.1, 0.15) is 11.4 Å². The molecule has 0 radical (unpaired) electrons. The molecular weight excluding hydrogens is 314 g/mol. The average molecular weight is 343 g/mol. The molecule has 5 heteroatoms. The minimum atomic E-state index is -0.122. The van der Waals surface area contributed by atoms with Crippen molar-refractivity contribution >= 4 is 5.91 Å². The van der Waals surface area contributed by atoms with E-state index >= 15 is 0 Å². The first-order valence-corrected chi connectivity index (χ1v) is 8.96. The zero-order chi connectivity index (χ0) is 18.2. The summed E-state index contributed by atoms with van der Waals surface area (Å²) in [5.41, 5.74) is 2.42. The minimum absolute atomic E-state index is 0.122. The summed E-state index contributed by atoms with van der Waals surface area (Å²) in [6, 6.07) is 9.67. The third-order valence-electron chi connectivity index (χ3n) is 4.03. The van der Waals surface area contributed by atoms with Crippen LogP contribution in [-0.2, 0) is 13.6 Å². The number of hydrogen-bond donors (Lipinski definition) is 1. The first-order valence-electron chi connectivity index (χ1n) is 8.96. The molecule has 0 aliphatic heterocycles. The Morgan fingerprint density at radius 2 is 2.08 bits per heavy atom. The Labute approximate surface area is 150 Å². The van der Waals surface area contributed by atoms with Crippen LogP contribution in [-0.4, -0.2) is 22.3 Å². The maximum atomic E-state index is 12.2. The van der Waals surface area contributed by atoms with Crippen LogP contribution in [0.1, 0.15) is 54.9 Å². The van der Waals surface area contributed by atoms with Gasteiger partial charge in [-0.15, -0.1) is 0 Å². The quantitative estimate of drug-likeness (QED) is 0.703. The van der Waals surface area contributed by atoms with Gasteiger partial charge in [-0.1, -0.05) is 32.4 Å². The highest BCUT2D eigenvalue weighted by Crippen LogP contribution is 2.15. The van der Waals surface area contributed by atoms with Crippen molar-refractivity contribution in [3.8, 4) is 5.75 Å². The Morgan fingerprint density at radius 3 is 2.76 bits per heavy atom. The largest absolute Gasteiger partial charge is 0.494 e. The van der Waals surface area contributed by atoms with Crippen molar-refractivity contribution in [3.05, 3.63) is 47.3 Å². The van der Waals surface area contributed by atoms with Crippen molar-refractivity contribution in [1.29, 1.82) is 0 Å². The highest BCUT2D eigenvalue weighted by atomic mass is 16.5. The summed E-state index contributed by atoms with van der Waals surface area (Å²) >= 11 is 0. The fourth-order valence-electron chi connectivity index (χ4n) is 2.69. The molecule has 0 fully saturated rings. The van der Waals surface area contributed by atoms with E-state index in [4.69, 9.17) is 4.74 Å². The molecule has 25 heavy (non-hydrogen) atoms. The van der Waals surface area contributed by atoms with Crippen LogP contribution in [0, 0.1) is 12.8 Å². The van der Waals surface area contributed by atoms with Gasteiger partial charge in [0.05, 0.1) is 12.3 Å². The maximum absolute atomic E-state index is 12.2. The normalized spacial score (nSPS) is 10.9. The number of nitrogens with one attached hydrogen (secondary N) is 1. The maximum Gasteiger partial charge on any atom is 0.269 e. The molecule has 1 amide bonds. The van der Waals surface area contributed by atoms with Gasteiger partial charge in [0.25, 0.3) is 5.91 Å². The van der Waals surface area contributed by atoms with Gasteiger partial charge in [0.15, 0.2) is 0 Å². The minimum Gasteiger partial charge on any atom is -0.494 e. The highest BCUT2D eigenvalue weighted by molar-refractivity contribution is 5.92. The van der Waals surface area contributed by atoms with Gasteiger partial charge in [-0.25, -0.2) is 0 Å². The number of ether oxygens (including phenoxy) is 1. The van der Waals surface area contributed by atoms with E-state index in [-0.39, 0.29) is 5.91 Å². The molecule has 0 atom stereocenters. The van der Waals surface area contributed by atoms with Crippen molar-refractivity contribution in [3.63, 3.8) is 0 Å². The fraction of sp³-hybridized carbons (Fsp3) is 0.500. The van der Waals surface area contributed by atoms with Gasteiger partial charge in [0, 0.05) is 13.6 Å². The molecule has 1 N–H and O–H groups in total. The third-order valence-corrected chi connectivity index (χ3v) is 4.03. The summed E-state index contributed by atoms with van der Waals surface area (Å²) in [5.74, 6) is 1.48. The lowest BCUT2D eigenvalue weighted by Crippen LogP contribution is -2.25. The summed E-state index contributed by atoms with van der Waals surface area (Å²) in [6.07, 6.45) is 3.50. The average Bonchev–Trinajstić information content (AvgIpc) is 2.91. The number of hydrogen-bond acceptors (Lipinski definition) is 3. The van der Waals surface area contributed by atoms with E-state index in [1.807, 2.05) is 31.2 Å². The standard InChI is InChI=1S/C20H29N3O2/c1-15(2)8-5-6-11-25-18-10-7-9-17(13-18)14-21-20(24)19-12-16(3)22-23(19)4/h7,9-10,12-13,15H,5-6,8,11,14H2,1-4H3,(H,21,24). The lowest BCUT2D eigenvalue weighted by Gasteiger charge is -2.10. The van der Waals surface area contributed by atoms with E-state index in [0.717, 1.165) is 36.0 Å². The first-order chi connectivity index (χ1) is 12.0. The van der Waals surface area contributed by atoms with Gasteiger partial charge in [-0.2, -0.15) is 5.10 Å². The molecule has 2 aromatic rings. The lowest BCUT2D eigenvalue weighted by molar-refractivity contribution is 0.0941. The van der Waals surface area contributed by atoms with Crippen LogP contribution in [0.4, 0.5) is 0 Å². The van der Waals surface area contributed by atoms with Crippen LogP contribution >= 0.6 is 0 Å². The van der Waals surface area contributed by atoms with Crippen molar-refractivity contribution in [1.82, 2.24) is 15.1 Å². The Balaban J connectivity index is 1.80. The van der Waals surface area contributed by atoms with Crippen LogP contribution < -0.4 is 10.1 Å². The second-order valence-electron chi connectivity index (χ2n) is 6.86. The zero-order valence-electron chi connectivity index (χ0n) is 15.7. The fourth-order valence-corrected chi connectivity index (χ4v) is 2.69. The van der Waals surface area contributed by atoms with E-state index < -0.39 is 0 Å². The molecule has 0 aliphatic rings. The number of unbranched alkanes of at least 4 members (excludes halogenated alkanes) is 1. The van der Waals surface area contributed by atoms with Gasteiger partial charge in [0.2, 0.25) is 0 Å². The molecule has 1 aromatic carbocycles. The lowest BCUT2D eigenvalue weighted by atomic mass is 10.1. The Morgan fingerprint density at radius 1 is 1.28 bits per heavy atom. The first kappa shape index (κ1) is 19.0. The Kier molecular flexibility index (Phi) is 7.04.